The zero-order valence-corrected chi connectivity index (χ0v) is 26.4. The number of rotatable bonds is 7. The Kier molecular flexibility index (Phi) is 15.5. The Bertz CT molecular complexity index is 1300. The van der Waals surface area contributed by atoms with Crippen molar-refractivity contribution < 1.29 is 39.5 Å². The Morgan fingerprint density at radius 1 is 0.634 bits per heavy atom. The largest absolute Gasteiger partial charge is 0.393 e. The number of aromatic nitrogens is 2. The topological polar surface area (TPSA) is 48.2 Å². The van der Waals surface area contributed by atoms with Gasteiger partial charge in [-0.2, -0.15) is 0 Å². The van der Waals surface area contributed by atoms with Crippen LogP contribution < -0.4 is 9.13 Å². The molecule has 4 nitrogen and oxygen atoms in total. The molecule has 5 aromatic rings. The van der Waals surface area contributed by atoms with Gasteiger partial charge in [-0.3, -0.25) is 0 Å². The first-order valence-corrected chi connectivity index (χ1v) is 13.7. The summed E-state index contributed by atoms with van der Waals surface area (Å²) in [7, 11) is 4.08. The van der Waals surface area contributed by atoms with Crippen molar-refractivity contribution in [3.05, 3.63) is 145 Å². The van der Waals surface area contributed by atoms with Gasteiger partial charge in [0.2, 0.25) is 0 Å². The van der Waals surface area contributed by atoms with E-state index in [0.29, 0.717) is 6.42 Å². The second-order valence-electron chi connectivity index (χ2n) is 9.71. The third kappa shape index (κ3) is 12.3. The molecule has 5 heteroatoms. The van der Waals surface area contributed by atoms with E-state index in [-0.39, 0.29) is 20.1 Å². The standard InChI is InChI=1S/2C12H11N.C12H18O2.Ir/c2*1-13-10-6-5-9-12(13)11-7-3-2-4-8-11;1-10(13)9-12(14)8-7-11-5-3-2-4-6-11;/h2*2-7,9-10H,1H3;2-6,10,12-14H,7-9H2,1H3;. The Labute approximate surface area is 259 Å². The van der Waals surface area contributed by atoms with Crippen LogP contribution in [0.5, 0.6) is 0 Å². The molecule has 2 N–H and O–H groups in total. The maximum absolute atomic E-state index is 9.52. The van der Waals surface area contributed by atoms with Crippen molar-refractivity contribution >= 4 is 0 Å². The average Bonchev–Trinajstić information content (AvgIpc) is 2.98. The molecule has 2 aromatic heterocycles. The van der Waals surface area contributed by atoms with E-state index in [4.69, 9.17) is 5.11 Å². The minimum absolute atomic E-state index is 0. The number of hydrogen-bond acceptors (Lipinski definition) is 2. The number of aryl methyl sites for hydroxylation is 3. The summed E-state index contributed by atoms with van der Waals surface area (Å²) in [6.07, 6.45) is 5.32. The van der Waals surface area contributed by atoms with Gasteiger partial charge in [-0.25, -0.2) is 9.13 Å². The van der Waals surface area contributed by atoms with Crippen LogP contribution in [0.2, 0.25) is 0 Å². The van der Waals surface area contributed by atoms with Crippen molar-refractivity contribution in [2.45, 2.75) is 38.4 Å². The van der Waals surface area contributed by atoms with E-state index in [2.05, 4.69) is 57.7 Å². The SMILES string of the molecule is CC(O)CC(O)CCc1ccccc1.C[n+]1ccccc1-c1[c-]cccc1.C[n+]1ccccc1-c1[c-]cccc1.[Ir]. The van der Waals surface area contributed by atoms with Gasteiger partial charge in [0.15, 0.2) is 12.4 Å². The predicted molar refractivity (Wildman–Crippen MR) is 161 cm³/mol. The van der Waals surface area contributed by atoms with Crippen LogP contribution in [0.1, 0.15) is 25.3 Å². The first-order valence-electron chi connectivity index (χ1n) is 13.7. The van der Waals surface area contributed by atoms with Crippen molar-refractivity contribution in [2.75, 3.05) is 0 Å². The summed E-state index contributed by atoms with van der Waals surface area (Å²) < 4.78 is 4.18. The molecule has 1 radical (unpaired) electrons. The molecule has 0 spiro atoms. The summed E-state index contributed by atoms with van der Waals surface area (Å²) in [5.41, 5.74) is 5.86. The third-order valence-electron chi connectivity index (χ3n) is 6.30. The molecule has 0 bridgehead atoms. The summed E-state index contributed by atoms with van der Waals surface area (Å²) in [6, 6.07) is 44.8. The van der Waals surface area contributed by atoms with Crippen LogP contribution in [-0.4, -0.2) is 22.4 Å². The Hall–Kier alpha value is -3.47. The molecule has 0 aliphatic rings. The fraction of sp³-hybridized carbons (Fsp3) is 0.222. The molecule has 0 aliphatic heterocycles. The van der Waals surface area contributed by atoms with Crippen molar-refractivity contribution in [2.24, 2.45) is 14.1 Å². The quantitative estimate of drug-likeness (QED) is 0.167. The molecule has 2 atom stereocenters. The van der Waals surface area contributed by atoms with Crippen molar-refractivity contribution in [1.82, 2.24) is 0 Å². The summed E-state index contributed by atoms with van der Waals surface area (Å²) >= 11 is 0. The van der Waals surface area contributed by atoms with Crippen LogP contribution in [0.25, 0.3) is 22.5 Å². The Balaban J connectivity index is 0.000000213. The van der Waals surface area contributed by atoms with E-state index in [1.54, 1.807) is 6.92 Å². The summed E-state index contributed by atoms with van der Waals surface area (Å²) in [5, 5.41) is 18.6. The second-order valence-corrected chi connectivity index (χ2v) is 9.71. The number of nitrogens with zero attached hydrogens (tertiary/aromatic N) is 2. The number of pyridine rings is 2. The molecule has 0 saturated heterocycles. The van der Waals surface area contributed by atoms with Gasteiger partial charge in [-0.15, -0.1) is 60.7 Å². The zero-order valence-electron chi connectivity index (χ0n) is 24.0. The number of hydrogen-bond donors (Lipinski definition) is 2. The van der Waals surface area contributed by atoms with Crippen LogP contribution in [0.15, 0.2) is 128 Å². The van der Waals surface area contributed by atoms with E-state index >= 15 is 0 Å². The van der Waals surface area contributed by atoms with E-state index in [1.807, 2.05) is 105 Å². The van der Waals surface area contributed by atoms with Gasteiger partial charge in [-0.05, 0) is 43.9 Å². The fourth-order valence-corrected chi connectivity index (χ4v) is 4.20. The van der Waals surface area contributed by atoms with Crippen LogP contribution in [0, 0.1) is 12.1 Å². The molecular formula is C36H40IrN2O2. The Morgan fingerprint density at radius 3 is 1.51 bits per heavy atom. The molecule has 2 heterocycles. The van der Waals surface area contributed by atoms with Gasteiger partial charge >= 0.3 is 0 Å². The maximum Gasteiger partial charge on any atom is 0.160 e. The monoisotopic (exact) mass is 725 g/mol. The van der Waals surface area contributed by atoms with Gasteiger partial charge in [-0.1, -0.05) is 53.6 Å². The van der Waals surface area contributed by atoms with Crippen LogP contribution >= 0.6 is 0 Å². The molecule has 0 saturated carbocycles. The maximum atomic E-state index is 9.52. The van der Waals surface area contributed by atoms with Gasteiger partial charge < -0.3 is 10.2 Å². The number of benzene rings is 3. The van der Waals surface area contributed by atoms with Gasteiger partial charge in [0.25, 0.3) is 0 Å². The minimum atomic E-state index is -0.416. The summed E-state index contributed by atoms with van der Waals surface area (Å²) in [4.78, 5) is 0. The van der Waals surface area contributed by atoms with E-state index in [1.165, 1.54) is 17.0 Å². The Morgan fingerprint density at radius 2 is 1.10 bits per heavy atom. The molecule has 2 unspecified atom stereocenters. The van der Waals surface area contributed by atoms with E-state index in [9.17, 15) is 5.11 Å². The van der Waals surface area contributed by atoms with Crippen molar-refractivity contribution in [3.8, 4) is 22.5 Å². The number of aliphatic hydroxyl groups is 2. The molecule has 0 fully saturated rings. The second kappa shape index (κ2) is 18.8. The van der Waals surface area contributed by atoms with E-state index in [0.717, 1.165) is 24.0 Å². The van der Waals surface area contributed by atoms with Crippen LogP contribution in [0.4, 0.5) is 0 Å². The van der Waals surface area contributed by atoms with Crippen LogP contribution in [-0.2, 0) is 40.6 Å². The van der Waals surface area contributed by atoms with Crippen LogP contribution in [0.3, 0.4) is 0 Å². The number of aliphatic hydroxyl groups excluding tert-OH is 2. The van der Waals surface area contributed by atoms with Gasteiger partial charge in [0.05, 0.1) is 12.2 Å². The van der Waals surface area contributed by atoms with Gasteiger partial charge in [0.1, 0.15) is 25.5 Å². The first kappa shape index (κ1) is 33.7. The normalized spacial score (nSPS) is 11.4. The minimum Gasteiger partial charge on any atom is -0.393 e. The summed E-state index contributed by atoms with van der Waals surface area (Å²) in [6.45, 7) is 1.70. The zero-order chi connectivity index (χ0) is 28.6. The average molecular weight is 725 g/mol. The van der Waals surface area contributed by atoms with Crippen molar-refractivity contribution in [1.29, 1.82) is 0 Å². The molecular weight excluding hydrogens is 685 g/mol. The molecule has 0 amide bonds. The molecule has 41 heavy (non-hydrogen) atoms. The molecule has 5 rings (SSSR count). The van der Waals surface area contributed by atoms with Gasteiger partial charge in [0, 0.05) is 32.2 Å². The first-order chi connectivity index (χ1) is 19.4. The third-order valence-corrected chi connectivity index (χ3v) is 6.30. The predicted octanol–water partition coefficient (Wildman–Crippen LogP) is 5.71. The molecule has 0 aliphatic carbocycles. The van der Waals surface area contributed by atoms with Crippen molar-refractivity contribution in [3.63, 3.8) is 0 Å². The molecule has 215 valence electrons. The fourth-order valence-electron chi connectivity index (χ4n) is 4.20. The smallest absolute Gasteiger partial charge is 0.160 e. The molecule has 3 aromatic carbocycles. The summed E-state index contributed by atoms with van der Waals surface area (Å²) in [5.74, 6) is 0. The van der Waals surface area contributed by atoms with E-state index < -0.39 is 12.2 Å².